The summed E-state index contributed by atoms with van der Waals surface area (Å²) in [6, 6.07) is 3.94. The van der Waals surface area contributed by atoms with Crippen LogP contribution in [0.4, 0.5) is 5.82 Å². The second-order valence-corrected chi connectivity index (χ2v) is 3.79. The van der Waals surface area contributed by atoms with Crippen LogP contribution in [0.2, 0.25) is 0 Å². The first-order valence-corrected chi connectivity index (χ1v) is 5.36. The quantitative estimate of drug-likeness (QED) is 0.551. The molecule has 4 nitrogen and oxygen atoms in total. The second-order valence-electron chi connectivity index (χ2n) is 3.79. The fraction of sp³-hybridized carbons (Fsp3) is 0.545. The van der Waals surface area contributed by atoms with Crippen LogP contribution in [-0.4, -0.2) is 23.5 Å². The Hall–Kier alpha value is -1.13. The van der Waals surface area contributed by atoms with Gasteiger partial charge in [-0.2, -0.15) is 0 Å². The first kappa shape index (κ1) is 11.9. The number of nitrogens with one attached hydrogen (secondary N) is 1. The lowest BCUT2D eigenvalue weighted by Crippen LogP contribution is -2.19. The molecule has 0 atom stereocenters. The topological polar surface area (TPSA) is 54.2 Å². The number of nitrogen functional groups attached to an aromatic ring is 1. The van der Waals surface area contributed by atoms with E-state index in [1.807, 2.05) is 18.3 Å². The zero-order chi connectivity index (χ0) is 11.1. The highest BCUT2D eigenvalue weighted by atomic mass is 15.2. The van der Waals surface area contributed by atoms with E-state index in [9.17, 15) is 0 Å². The van der Waals surface area contributed by atoms with Gasteiger partial charge in [0, 0.05) is 12.7 Å². The number of unbranched alkanes of at least 4 members (excludes halogenated alkanes) is 1. The minimum atomic E-state index is 0.704. The molecule has 0 spiro atoms. The lowest BCUT2D eigenvalue weighted by atomic mass is 10.2. The van der Waals surface area contributed by atoms with Crippen molar-refractivity contribution in [1.82, 2.24) is 9.88 Å². The van der Waals surface area contributed by atoms with Gasteiger partial charge in [0.15, 0.2) is 0 Å². The summed E-state index contributed by atoms with van der Waals surface area (Å²) in [6.07, 6.45) is 4.34. The highest BCUT2D eigenvalue weighted by Gasteiger charge is 2.00. The number of anilines is 1. The van der Waals surface area contributed by atoms with Gasteiger partial charge in [0.05, 0.1) is 0 Å². The van der Waals surface area contributed by atoms with Gasteiger partial charge in [0.2, 0.25) is 0 Å². The molecule has 0 amide bonds. The zero-order valence-electron chi connectivity index (χ0n) is 9.53. The molecule has 1 aromatic rings. The Bertz CT molecular complexity index is 270. The second kappa shape index (κ2) is 6.37. The summed E-state index contributed by atoms with van der Waals surface area (Å²) in [6.45, 7) is 4.28. The van der Waals surface area contributed by atoms with E-state index in [4.69, 9.17) is 5.84 Å². The van der Waals surface area contributed by atoms with Gasteiger partial charge < -0.3 is 10.3 Å². The molecule has 1 aromatic heterocycles. The third-order valence-corrected chi connectivity index (χ3v) is 2.32. The number of hydrogen-bond donors (Lipinski definition) is 2. The van der Waals surface area contributed by atoms with Crippen molar-refractivity contribution in [1.29, 1.82) is 0 Å². The summed E-state index contributed by atoms with van der Waals surface area (Å²) in [7, 11) is 2.13. The average Bonchev–Trinajstić information content (AvgIpc) is 2.27. The van der Waals surface area contributed by atoms with Crippen molar-refractivity contribution >= 4 is 5.82 Å². The maximum atomic E-state index is 5.24. The Morgan fingerprint density at radius 2 is 2.27 bits per heavy atom. The molecule has 3 N–H and O–H groups in total. The molecule has 0 bridgehead atoms. The molecular formula is C11H20N4. The van der Waals surface area contributed by atoms with Crippen molar-refractivity contribution in [2.45, 2.75) is 26.3 Å². The molecule has 0 fully saturated rings. The SMILES string of the molecule is CCCCN(C)Cc1ccc(NN)nc1. The Kier molecular flexibility index (Phi) is 5.07. The molecule has 0 aliphatic heterocycles. The summed E-state index contributed by atoms with van der Waals surface area (Å²) in [5.41, 5.74) is 3.73. The molecule has 1 rings (SSSR count). The molecule has 0 aromatic carbocycles. The van der Waals surface area contributed by atoms with Crippen LogP contribution < -0.4 is 11.3 Å². The maximum absolute atomic E-state index is 5.24. The number of pyridine rings is 1. The molecule has 0 radical (unpaired) electrons. The monoisotopic (exact) mass is 208 g/mol. The van der Waals surface area contributed by atoms with Crippen molar-refractivity contribution in [2.24, 2.45) is 5.84 Å². The number of hydrogen-bond acceptors (Lipinski definition) is 4. The molecule has 15 heavy (non-hydrogen) atoms. The van der Waals surface area contributed by atoms with Gasteiger partial charge in [-0.1, -0.05) is 19.4 Å². The Labute approximate surface area is 91.5 Å². The predicted octanol–water partition coefficient (Wildman–Crippen LogP) is 1.60. The Morgan fingerprint density at radius 1 is 1.47 bits per heavy atom. The summed E-state index contributed by atoms with van der Waals surface area (Å²) in [5, 5.41) is 0. The molecule has 1 heterocycles. The van der Waals surface area contributed by atoms with E-state index < -0.39 is 0 Å². The summed E-state index contributed by atoms with van der Waals surface area (Å²) < 4.78 is 0. The molecule has 0 aliphatic carbocycles. The van der Waals surface area contributed by atoms with Gasteiger partial charge in [0.25, 0.3) is 0 Å². The Morgan fingerprint density at radius 3 is 2.80 bits per heavy atom. The van der Waals surface area contributed by atoms with E-state index in [-0.39, 0.29) is 0 Å². The van der Waals surface area contributed by atoms with Gasteiger partial charge in [0.1, 0.15) is 5.82 Å². The lowest BCUT2D eigenvalue weighted by molar-refractivity contribution is 0.320. The molecule has 0 saturated carbocycles. The minimum absolute atomic E-state index is 0.704. The number of nitrogens with zero attached hydrogens (tertiary/aromatic N) is 2. The minimum Gasteiger partial charge on any atom is -0.308 e. The van der Waals surface area contributed by atoms with Gasteiger partial charge in [-0.25, -0.2) is 10.8 Å². The van der Waals surface area contributed by atoms with E-state index in [0.717, 1.165) is 13.1 Å². The van der Waals surface area contributed by atoms with Gasteiger partial charge in [-0.3, -0.25) is 0 Å². The van der Waals surface area contributed by atoms with Crippen LogP contribution in [0.1, 0.15) is 25.3 Å². The number of nitrogens with two attached hydrogens (primary N) is 1. The van der Waals surface area contributed by atoms with Gasteiger partial charge in [-0.15, -0.1) is 0 Å². The fourth-order valence-electron chi connectivity index (χ4n) is 1.42. The number of rotatable bonds is 6. The van der Waals surface area contributed by atoms with Crippen LogP contribution >= 0.6 is 0 Å². The smallest absolute Gasteiger partial charge is 0.139 e. The summed E-state index contributed by atoms with van der Waals surface area (Å²) in [5.74, 6) is 5.95. The van der Waals surface area contributed by atoms with Crippen LogP contribution in [-0.2, 0) is 6.54 Å². The highest BCUT2D eigenvalue weighted by Crippen LogP contribution is 2.06. The van der Waals surface area contributed by atoms with Crippen LogP contribution in [0.15, 0.2) is 18.3 Å². The summed E-state index contributed by atoms with van der Waals surface area (Å²) >= 11 is 0. The van der Waals surface area contributed by atoms with Gasteiger partial charge >= 0.3 is 0 Å². The predicted molar refractivity (Wildman–Crippen MR) is 63.3 cm³/mol. The molecule has 0 aliphatic rings. The largest absolute Gasteiger partial charge is 0.308 e. The molecule has 0 unspecified atom stereocenters. The highest BCUT2D eigenvalue weighted by molar-refractivity contribution is 5.33. The normalized spacial score (nSPS) is 10.7. The molecule has 0 saturated heterocycles. The molecule has 4 heteroatoms. The maximum Gasteiger partial charge on any atom is 0.139 e. The fourth-order valence-corrected chi connectivity index (χ4v) is 1.42. The first-order chi connectivity index (χ1) is 7.26. The van der Waals surface area contributed by atoms with E-state index in [1.165, 1.54) is 18.4 Å². The number of hydrazine groups is 1. The van der Waals surface area contributed by atoms with Crippen LogP contribution in [0.3, 0.4) is 0 Å². The van der Waals surface area contributed by atoms with Crippen molar-refractivity contribution in [2.75, 3.05) is 19.0 Å². The third-order valence-electron chi connectivity index (χ3n) is 2.32. The standard InChI is InChI=1S/C11H20N4/c1-3-4-7-15(2)9-10-5-6-11(14-12)13-8-10/h5-6,8H,3-4,7,9,12H2,1-2H3,(H,13,14). The van der Waals surface area contributed by atoms with Crippen molar-refractivity contribution in [3.63, 3.8) is 0 Å². The number of aromatic nitrogens is 1. The molecular weight excluding hydrogens is 188 g/mol. The van der Waals surface area contributed by atoms with Gasteiger partial charge in [-0.05, 0) is 31.6 Å². The lowest BCUT2D eigenvalue weighted by Gasteiger charge is -2.15. The zero-order valence-corrected chi connectivity index (χ0v) is 9.53. The van der Waals surface area contributed by atoms with Crippen LogP contribution in [0, 0.1) is 0 Å². The van der Waals surface area contributed by atoms with Crippen molar-refractivity contribution in [3.05, 3.63) is 23.9 Å². The third kappa shape index (κ3) is 4.27. The van der Waals surface area contributed by atoms with Crippen LogP contribution in [0.5, 0.6) is 0 Å². The average molecular weight is 208 g/mol. The van der Waals surface area contributed by atoms with E-state index in [1.54, 1.807) is 0 Å². The van der Waals surface area contributed by atoms with Crippen LogP contribution in [0.25, 0.3) is 0 Å². The van der Waals surface area contributed by atoms with E-state index in [2.05, 4.69) is 29.3 Å². The first-order valence-electron chi connectivity index (χ1n) is 5.36. The summed E-state index contributed by atoms with van der Waals surface area (Å²) in [4.78, 5) is 6.47. The molecule has 84 valence electrons. The van der Waals surface area contributed by atoms with E-state index in [0.29, 0.717) is 5.82 Å². The Balaban J connectivity index is 2.42. The van der Waals surface area contributed by atoms with Crippen molar-refractivity contribution < 1.29 is 0 Å². The van der Waals surface area contributed by atoms with E-state index >= 15 is 0 Å². The van der Waals surface area contributed by atoms with Crippen molar-refractivity contribution in [3.8, 4) is 0 Å².